The summed E-state index contributed by atoms with van der Waals surface area (Å²) >= 11 is 0. The number of nitrogens with zero attached hydrogens (tertiary/aromatic N) is 2. The summed E-state index contributed by atoms with van der Waals surface area (Å²) in [7, 11) is -3.85. The van der Waals surface area contributed by atoms with Crippen LogP contribution >= 0.6 is 0 Å². The van der Waals surface area contributed by atoms with Gasteiger partial charge in [0.2, 0.25) is 10.0 Å². The van der Waals surface area contributed by atoms with Gasteiger partial charge < -0.3 is 5.11 Å². The molecule has 0 amide bonds. The van der Waals surface area contributed by atoms with Crippen molar-refractivity contribution < 1.29 is 31.5 Å². The predicted molar refractivity (Wildman–Crippen MR) is 112 cm³/mol. The van der Waals surface area contributed by atoms with Crippen LogP contribution in [0.1, 0.15) is 30.5 Å². The standard InChI is InChI=1S/C22H25F3N2O4S/c1-15-12-26(14-17-6-8-19(9-7-17)22(23,24)25)13-16(2)27(15)32(30,31)20-5-3-4-18(10-20)11-21(28)29/h3-10,15-16H,11-14H2,1-2H3,(H,28,29)/t15-,16+. The van der Waals surface area contributed by atoms with E-state index in [4.69, 9.17) is 5.11 Å². The molecule has 2 aromatic carbocycles. The molecule has 1 fully saturated rings. The van der Waals surface area contributed by atoms with E-state index in [0.29, 0.717) is 25.2 Å². The molecule has 1 aliphatic heterocycles. The van der Waals surface area contributed by atoms with Crippen LogP contribution in [0.5, 0.6) is 0 Å². The zero-order valence-electron chi connectivity index (χ0n) is 17.7. The van der Waals surface area contributed by atoms with Gasteiger partial charge >= 0.3 is 12.1 Å². The molecule has 2 atom stereocenters. The van der Waals surface area contributed by atoms with Crippen LogP contribution in [0.15, 0.2) is 53.4 Å². The first-order valence-electron chi connectivity index (χ1n) is 10.1. The zero-order valence-corrected chi connectivity index (χ0v) is 18.5. The van der Waals surface area contributed by atoms with Crippen LogP contribution in [0.25, 0.3) is 0 Å². The summed E-state index contributed by atoms with van der Waals surface area (Å²) < 4.78 is 66.3. The number of rotatable bonds is 6. The van der Waals surface area contributed by atoms with E-state index in [1.54, 1.807) is 19.9 Å². The Hall–Kier alpha value is -2.43. The van der Waals surface area contributed by atoms with Gasteiger partial charge in [0.25, 0.3) is 0 Å². The fraction of sp³-hybridized carbons (Fsp3) is 0.409. The zero-order chi connectivity index (χ0) is 23.7. The van der Waals surface area contributed by atoms with Crippen molar-refractivity contribution in [2.75, 3.05) is 13.1 Å². The molecule has 0 saturated carbocycles. The molecule has 0 spiro atoms. The van der Waals surface area contributed by atoms with E-state index in [-0.39, 0.29) is 23.4 Å². The molecule has 0 bridgehead atoms. The summed E-state index contributed by atoms with van der Waals surface area (Å²) in [5.41, 5.74) is 0.416. The molecule has 2 aromatic rings. The summed E-state index contributed by atoms with van der Waals surface area (Å²) in [6, 6.07) is 10.2. The highest BCUT2D eigenvalue weighted by atomic mass is 32.2. The number of benzene rings is 2. The Labute approximate surface area is 185 Å². The molecule has 1 aliphatic rings. The van der Waals surface area contributed by atoms with Gasteiger partial charge in [0.05, 0.1) is 16.9 Å². The smallest absolute Gasteiger partial charge is 0.416 e. The Kier molecular flexibility index (Phi) is 6.97. The lowest BCUT2D eigenvalue weighted by atomic mass is 10.1. The molecule has 1 heterocycles. The number of hydrogen-bond acceptors (Lipinski definition) is 4. The number of hydrogen-bond donors (Lipinski definition) is 1. The largest absolute Gasteiger partial charge is 0.481 e. The maximum absolute atomic E-state index is 13.3. The maximum Gasteiger partial charge on any atom is 0.416 e. The lowest BCUT2D eigenvalue weighted by Gasteiger charge is -2.43. The van der Waals surface area contributed by atoms with Crippen LogP contribution < -0.4 is 0 Å². The average Bonchev–Trinajstić information content (AvgIpc) is 2.66. The fourth-order valence-electron chi connectivity index (χ4n) is 4.19. The van der Waals surface area contributed by atoms with Gasteiger partial charge in [-0.15, -0.1) is 0 Å². The maximum atomic E-state index is 13.3. The first-order valence-corrected chi connectivity index (χ1v) is 11.5. The van der Waals surface area contributed by atoms with Crippen molar-refractivity contribution in [2.24, 2.45) is 0 Å². The van der Waals surface area contributed by atoms with Gasteiger partial charge in [-0.1, -0.05) is 24.3 Å². The van der Waals surface area contributed by atoms with Crippen LogP contribution in [0.2, 0.25) is 0 Å². The molecular weight excluding hydrogens is 445 g/mol. The first-order chi connectivity index (χ1) is 14.9. The molecule has 6 nitrogen and oxygen atoms in total. The number of halogens is 3. The van der Waals surface area contributed by atoms with Crippen molar-refractivity contribution in [3.8, 4) is 0 Å². The molecule has 3 rings (SSSR count). The van der Waals surface area contributed by atoms with Crippen molar-refractivity contribution in [2.45, 2.75) is 50.0 Å². The Balaban J connectivity index is 1.74. The van der Waals surface area contributed by atoms with Gasteiger partial charge in [-0.3, -0.25) is 9.69 Å². The number of piperazine rings is 1. The van der Waals surface area contributed by atoms with Crippen molar-refractivity contribution >= 4 is 16.0 Å². The number of carboxylic acid groups (broad SMARTS) is 1. The van der Waals surface area contributed by atoms with E-state index in [9.17, 15) is 26.4 Å². The fourth-order valence-corrected chi connectivity index (χ4v) is 6.06. The van der Waals surface area contributed by atoms with E-state index in [0.717, 1.165) is 17.7 Å². The molecule has 32 heavy (non-hydrogen) atoms. The lowest BCUT2D eigenvalue weighted by Crippen LogP contribution is -2.58. The molecule has 174 valence electrons. The van der Waals surface area contributed by atoms with Crippen LogP contribution in [0, 0.1) is 0 Å². The molecule has 10 heteroatoms. The SMILES string of the molecule is C[C@@H]1CN(Cc2ccc(C(F)(F)F)cc2)C[C@H](C)N1S(=O)(=O)c1cccc(CC(=O)O)c1. The number of alkyl halides is 3. The minimum absolute atomic E-state index is 0.0474. The highest BCUT2D eigenvalue weighted by Crippen LogP contribution is 2.30. The van der Waals surface area contributed by atoms with Gasteiger partial charge in [0.1, 0.15) is 0 Å². The highest BCUT2D eigenvalue weighted by Gasteiger charge is 2.38. The third-order valence-electron chi connectivity index (χ3n) is 5.43. The molecule has 1 saturated heterocycles. The molecule has 1 N–H and O–H groups in total. The summed E-state index contributed by atoms with van der Waals surface area (Å²) in [6.45, 7) is 4.82. The number of aliphatic carboxylic acids is 1. The Bertz CT molecular complexity index is 1060. The lowest BCUT2D eigenvalue weighted by molar-refractivity contribution is -0.138. The van der Waals surface area contributed by atoms with E-state index < -0.39 is 27.7 Å². The topological polar surface area (TPSA) is 77.9 Å². The Morgan fingerprint density at radius 1 is 1.03 bits per heavy atom. The Morgan fingerprint density at radius 2 is 1.62 bits per heavy atom. The molecule has 0 aliphatic carbocycles. The van der Waals surface area contributed by atoms with E-state index in [2.05, 4.69) is 0 Å². The van der Waals surface area contributed by atoms with Crippen LogP contribution in [-0.4, -0.2) is 53.9 Å². The first kappa shape index (κ1) is 24.2. The second-order valence-corrected chi connectivity index (χ2v) is 9.98. The summed E-state index contributed by atoms with van der Waals surface area (Å²) in [4.78, 5) is 13.0. The average molecular weight is 471 g/mol. The summed E-state index contributed by atoms with van der Waals surface area (Å²) in [6.07, 6.45) is -4.65. The van der Waals surface area contributed by atoms with Crippen molar-refractivity contribution in [1.82, 2.24) is 9.21 Å². The third-order valence-corrected chi connectivity index (χ3v) is 7.55. The quantitative estimate of drug-likeness (QED) is 0.698. The normalized spacial score (nSPS) is 20.9. The van der Waals surface area contributed by atoms with Gasteiger partial charge in [-0.2, -0.15) is 17.5 Å². The number of carboxylic acids is 1. The van der Waals surface area contributed by atoms with Gasteiger partial charge in [0, 0.05) is 31.7 Å². The number of sulfonamides is 1. The minimum atomic E-state index is -4.39. The summed E-state index contributed by atoms with van der Waals surface area (Å²) in [5.74, 6) is -1.04. The molecule has 0 radical (unpaired) electrons. The van der Waals surface area contributed by atoms with Crippen molar-refractivity contribution in [1.29, 1.82) is 0 Å². The second-order valence-electron chi connectivity index (χ2n) is 8.14. The number of carbonyl (C=O) groups is 1. The van der Waals surface area contributed by atoms with Crippen LogP contribution in [-0.2, 0) is 34.0 Å². The van der Waals surface area contributed by atoms with E-state index >= 15 is 0 Å². The molecule has 0 unspecified atom stereocenters. The van der Waals surface area contributed by atoms with Gasteiger partial charge in [-0.25, -0.2) is 8.42 Å². The minimum Gasteiger partial charge on any atom is -0.481 e. The second kappa shape index (κ2) is 9.21. The Morgan fingerprint density at radius 3 is 2.16 bits per heavy atom. The molecular formula is C22H25F3N2O4S. The molecule has 0 aromatic heterocycles. The monoisotopic (exact) mass is 470 g/mol. The third kappa shape index (κ3) is 5.48. The van der Waals surface area contributed by atoms with Crippen molar-refractivity contribution in [3.05, 3.63) is 65.2 Å². The van der Waals surface area contributed by atoms with E-state index in [1.165, 1.54) is 34.6 Å². The van der Waals surface area contributed by atoms with Crippen LogP contribution in [0.3, 0.4) is 0 Å². The highest BCUT2D eigenvalue weighted by molar-refractivity contribution is 7.89. The van der Waals surface area contributed by atoms with E-state index in [1.807, 2.05) is 4.90 Å². The van der Waals surface area contributed by atoms with Gasteiger partial charge in [0.15, 0.2) is 0 Å². The summed E-state index contributed by atoms with van der Waals surface area (Å²) in [5, 5.41) is 8.98. The van der Waals surface area contributed by atoms with Crippen molar-refractivity contribution in [3.63, 3.8) is 0 Å². The van der Waals surface area contributed by atoms with Gasteiger partial charge in [-0.05, 0) is 49.2 Å². The van der Waals surface area contributed by atoms with Crippen LogP contribution in [0.4, 0.5) is 13.2 Å². The predicted octanol–water partition coefficient (Wildman–Crippen LogP) is 3.62.